The zero-order valence-electron chi connectivity index (χ0n) is 17.2. The van der Waals surface area contributed by atoms with Gasteiger partial charge in [-0.25, -0.2) is 9.37 Å². The first-order chi connectivity index (χ1) is 15.6. The zero-order chi connectivity index (χ0) is 21.9. The van der Waals surface area contributed by atoms with Crippen LogP contribution in [0.3, 0.4) is 0 Å². The van der Waals surface area contributed by atoms with Gasteiger partial charge in [0.2, 0.25) is 11.7 Å². The maximum Gasteiger partial charge on any atom is 0.241 e. The SMILES string of the molecule is Fc1ccc(-c2nc(CN3CCN(Cc4nc(-c5ccc(Cl)cc5)no4)CC3)cs2)cc1. The first kappa shape index (κ1) is 21.2. The van der Waals surface area contributed by atoms with Crippen LogP contribution < -0.4 is 0 Å². The molecule has 0 saturated carbocycles. The molecule has 2 aromatic heterocycles. The Bertz CT molecular complexity index is 1080. The zero-order valence-corrected chi connectivity index (χ0v) is 18.8. The number of nitrogens with zero attached hydrogens (tertiary/aromatic N) is 5. The van der Waals surface area contributed by atoms with Crippen LogP contribution >= 0.6 is 22.9 Å². The normalized spacial score (nSPS) is 15.3. The van der Waals surface area contributed by atoms with E-state index in [4.69, 9.17) is 21.1 Å². The van der Waals surface area contributed by atoms with Crippen LogP contribution in [0.25, 0.3) is 22.0 Å². The van der Waals surface area contributed by atoms with E-state index in [9.17, 15) is 4.39 Å². The number of piperazine rings is 1. The van der Waals surface area contributed by atoms with Gasteiger partial charge in [0.15, 0.2) is 0 Å². The molecule has 0 N–H and O–H groups in total. The summed E-state index contributed by atoms with van der Waals surface area (Å²) in [6.07, 6.45) is 0. The molecule has 3 heterocycles. The highest BCUT2D eigenvalue weighted by atomic mass is 35.5. The van der Waals surface area contributed by atoms with Gasteiger partial charge in [0.25, 0.3) is 0 Å². The highest BCUT2D eigenvalue weighted by molar-refractivity contribution is 7.13. The maximum absolute atomic E-state index is 13.1. The lowest BCUT2D eigenvalue weighted by atomic mass is 10.2. The number of aromatic nitrogens is 3. The van der Waals surface area contributed by atoms with Gasteiger partial charge in [-0.05, 0) is 48.5 Å². The van der Waals surface area contributed by atoms with Gasteiger partial charge in [-0.1, -0.05) is 16.8 Å². The second-order valence-corrected chi connectivity index (χ2v) is 9.02. The fourth-order valence-corrected chi connectivity index (χ4v) is 4.61. The van der Waals surface area contributed by atoms with Crippen LogP contribution in [0.1, 0.15) is 11.6 Å². The topological polar surface area (TPSA) is 58.3 Å². The molecule has 1 fully saturated rings. The number of thiazole rings is 1. The molecule has 32 heavy (non-hydrogen) atoms. The molecule has 4 aromatic rings. The van der Waals surface area contributed by atoms with E-state index < -0.39 is 0 Å². The van der Waals surface area contributed by atoms with Crippen LogP contribution in [0.15, 0.2) is 58.4 Å². The molecule has 164 valence electrons. The lowest BCUT2D eigenvalue weighted by Crippen LogP contribution is -2.45. The van der Waals surface area contributed by atoms with Gasteiger partial charge in [-0.2, -0.15) is 4.98 Å². The van der Waals surface area contributed by atoms with Gasteiger partial charge in [-0.15, -0.1) is 11.3 Å². The van der Waals surface area contributed by atoms with E-state index in [0.29, 0.717) is 23.3 Å². The molecule has 9 heteroatoms. The fourth-order valence-electron chi connectivity index (χ4n) is 3.67. The number of hydrogen-bond donors (Lipinski definition) is 0. The maximum atomic E-state index is 13.1. The Morgan fingerprint density at radius 3 is 2.25 bits per heavy atom. The third-order valence-electron chi connectivity index (χ3n) is 5.42. The van der Waals surface area contributed by atoms with Crippen LogP contribution in [0.5, 0.6) is 0 Å². The van der Waals surface area contributed by atoms with E-state index in [1.165, 1.54) is 12.1 Å². The minimum absolute atomic E-state index is 0.231. The standard InChI is InChI=1S/C23H21ClFN5OS/c24-18-5-1-16(2-6-18)22-27-21(31-28-22)14-30-11-9-29(10-12-30)13-20-15-32-23(26-20)17-3-7-19(25)8-4-17/h1-8,15H,9-14H2. The molecular formula is C23H21ClFN5OS. The summed E-state index contributed by atoms with van der Waals surface area (Å²) in [5.41, 5.74) is 2.88. The Labute approximate surface area is 194 Å². The molecule has 5 rings (SSSR count). The van der Waals surface area contributed by atoms with Crippen molar-refractivity contribution in [3.8, 4) is 22.0 Å². The first-order valence-corrected chi connectivity index (χ1v) is 11.6. The van der Waals surface area contributed by atoms with Gasteiger partial charge < -0.3 is 4.52 Å². The molecule has 0 aliphatic carbocycles. The van der Waals surface area contributed by atoms with Crippen LogP contribution in [-0.4, -0.2) is 51.1 Å². The molecule has 0 atom stereocenters. The van der Waals surface area contributed by atoms with Crippen molar-refractivity contribution in [1.29, 1.82) is 0 Å². The number of rotatable bonds is 6. The summed E-state index contributed by atoms with van der Waals surface area (Å²) in [5.74, 6) is 0.966. The lowest BCUT2D eigenvalue weighted by Gasteiger charge is -2.33. The Kier molecular flexibility index (Phi) is 6.27. The second kappa shape index (κ2) is 9.46. The average molecular weight is 470 g/mol. The molecule has 2 aromatic carbocycles. The van der Waals surface area contributed by atoms with Crippen LogP contribution in [0.4, 0.5) is 4.39 Å². The Morgan fingerprint density at radius 2 is 1.53 bits per heavy atom. The molecule has 0 bridgehead atoms. The smallest absolute Gasteiger partial charge is 0.241 e. The van der Waals surface area contributed by atoms with Crippen molar-refractivity contribution in [3.63, 3.8) is 0 Å². The first-order valence-electron chi connectivity index (χ1n) is 10.4. The third-order valence-corrected chi connectivity index (χ3v) is 6.61. The van der Waals surface area contributed by atoms with Crippen molar-refractivity contribution in [3.05, 3.63) is 76.3 Å². The number of hydrogen-bond acceptors (Lipinski definition) is 7. The molecule has 0 amide bonds. The summed E-state index contributed by atoms with van der Waals surface area (Å²) >= 11 is 7.53. The van der Waals surface area contributed by atoms with Crippen molar-refractivity contribution in [2.45, 2.75) is 13.1 Å². The Balaban J connectivity index is 1.13. The summed E-state index contributed by atoms with van der Waals surface area (Å²) in [7, 11) is 0. The van der Waals surface area contributed by atoms with Crippen molar-refractivity contribution >= 4 is 22.9 Å². The van der Waals surface area contributed by atoms with Crippen LogP contribution in [0.2, 0.25) is 5.02 Å². The lowest BCUT2D eigenvalue weighted by molar-refractivity contribution is 0.111. The number of halogens is 2. The highest BCUT2D eigenvalue weighted by Gasteiger charge is 2.20. The van der Waals surface area contributed by atoms with E-state index in [0.717, 1.165) is 54.6 Å². The Morgan fingerprint density at radius 1 is 0.875 bits per heavy atom. The van der Waals surface area contributed by atoms with E-state index in [1.807, 2.05) is 24.3 Å². The van der Waals surface area contributed by atoms with Crippen molar-refractivity contribution in [2.75, 3.05) is 26.2 Å². The van der Waals surface area contributed by atoms with Crippen molar-refractivity contribution in [2.24, 2.45) is 0 Å². The van der Waals surface area contributed by atoms with Crippen LogP contribution in [-0.2, 0) is 13.1 Å². The molecule has 1 aliphatic heterocycles. The highest BCUT2D eigenvalue weighted by Crippen LogP contribution is 2.25. The summed E-state index contributed by atoms with van der Waals surface area (Å²) < 4.78 is 18.6. The summed E-state index contributed by atoms with van der Waals surface area (Å²) in [4.78, 5) is 14.0. The Hall–Kier alpha value is -2.65. The van der Waals surface area contributed by atoms with Gasteiger partial charge in [0.1, 0.15) is 10.8 Å². The molecule has 1 aliphatic rings. The van der Waals surface area contributed by atoms with E-state index in [-0.39, 0.29) is 5.82 Å². The minimum atomic E-state index is -0.231. The molecule has 0 radical (unpaired) electrons. The molecule has 0 spiro atoms. The predicted molar refractivity (Wildman–Crippen MR) is 123 cm³/mol. The number of benzene rings is 2. The third kappa shape index (κ3) is 5.05. The summed E-state index contributed by atoms with van der Waals surface area (Å²) in [6.45, 7) is 5.19. The van der Waals surface area contributed by atoms with Gasteiger partial charge >= 0.3 is 0 Å². The minimum Gasteiger partial charge on any atom is -0.338 e. The second-order valence-electron chi connectivity index (χ2n) is 7.72. The van der Waals surface area contributed by atoms with Crippen LogP contribution in [0, 0.1) is 5.82 Å². The monoisotopic (exact) mass is 469 g/mol. The summed E-state index contributed by atoms with van der Waals surface area (Å²) in [5, 5.41) is 7.78. The molecule has 6 nitrogen and oxygen atoms in total. The van der Waals surface area contributed by atoms with Crippen molar-refractivity contribution < 1.29 is 8.91 Å². The molecule has 0 unspecified atom stereocenters. The fraction of sp³-hybridized carbons (Fsp3) is 0.261. The van der Waals surface area contributed by atoms with Crippen molar-refractivity contribution in [1.82, 2.24) is 24.9 Å². The average Bonchev–Trinajstić information content (AvgIpc) is 3.46. The van der Waals surface area contributed by atoms with Gasteiger partial charge in [0.05, 0.1) is 12.2 Å². The summed E-state index contributed by atoms with van der Waals surface area (Å²) in [6, 6.07) is 13.9. The molecular weight excluding hydrogens is 449 g/mol. The largest absolute Gasteiger partial charge is 0.338 e. The van der Waals surface area contributed by atoms with E-state index >= 15 is 0 Å². The van der Waals surface area contributed by atoms with Gasteiger partial charge in [0, 0.05) is 54.3 Å². The van der Waals surface area contributed by atoms with Gasteiger partial charge in [-0.3, -0.25) is 9.80 Å². The van der Waals surface area contributed by atoms with E-state index in [2.05, 4.69) is 25.3 Å². The van der Waals surface area contributed by atoms with E-state index in [1.54, 1.807) is 23.5 Å². The quantitative estimate of drug-likeness (QED) is 0.397. The molecule has 1 saturated heterocycles. The predicted octanol–water partition coefficient (Wildman–Crippen LogP) is 4.97.